The molecule has 5 nitrogen and oxygen atoms in total. The lowest BCUT2D eigenvalue weighted by Gasteiger charge is -2.12. The lowest BCUT2D eigenvalue weighted by molar-refractivity contribution is -0.152. The Balaban J connectivity index is 3.40. The fourth-order valence-corrected chi connectivity index (χ4v) is 1.63. The summed E-state index contributed by atoms with van der Waals surface area (Å²) in [7, 11) is 1.01. The Morgan fingerprint density at radius 2 is 2.17 bits per heavy atom. The number of ether oxygens (including phenoxy) is 1. The van der Waals surface area contributed by atoms with E-state index in [0.29, 0.717) is 0 Å². The van der Waals surface area contributed by atoms with Crippen LogP contribution in [-0.4, -0.2) is 24.2 Å². The summed E-state index contributed by atoms with van der Waals surface area (Å²) in [6, 6.07) is 3.71. The van der Waals surface area contributed by atoms with Gasteiger partial charge in [-0.2, -0.15) is 5.26 Å². The number of esters is 1. The van der Waals surface area contributed by atoms with Crippen molar-refractivity contribution in [2.45, 2.75) is 5.92 Å². The van der Waals surface area contributed by atoms with Crippen LogP contribution in [0.1, 0.15) is 17.0 Å². The minimum atomic E-state index is -1.73. The van der Waals surface area contributed by atoms with E-state index in [4.69, 9.17) is 22.0 Å². The molecule has 7 heteroatoms. The van der Waals surface area contributed by atoms with Crippen molar-refractivity contribution >= 4 is 23.5 Å². The maximum Gasteiger partial charge on any atom is 0.324 e. The Hall–Kier alpha value is -2.13. The predicted octanol–water partition coefficient (Wildman–Crippen LogP) is 1.69. The molecular formula is C11H7ClFNO4. The number of carbonyl (C=O) groups excluding carboxylic acids is 1. The average molecular weight is 272 g/mol. The van der Waals surface area contributed by atoms with Crippen molar-refractivity contribution in [2.24, 2.45) is 0 Å². The lowest BCUT2D eigenvalue weighted by atomic mass is 9.98. The third kappa shape index (κ3) is 2.41. The van der Waals surface area contributed by atoms with E-state index >= 15 is 0 Å². The van der Waals surface area contributed by atoms with E-state index in [-0.39, 0.29) is 11.1 Å². The molecule has 1 N–H and O–H groups in total. The Labute approximate surface area is 106 Å². The monoisotopic (exact) mass is 271 g/mol. The number of aliphatic carboxylic acids is 1. The molecule has 0 saturated heterocycles. The van der Waals surface area contributed by atoms with Crippen molar-refractivity contribution in [1.82, 2.24) is 0 Å². The maximum atomic E-state index is 13.6. The maximum absolute atomic E-state index is 13.6. The molecule has 0 spiro atoms. The highest BCUT2D eigenvalue weighted by Crippen LogP contribution is 2.30. The second-order valence-electron chi connectivity index (χ2n) is 3.24. The van der Waals surface area contributed by atoms with Crippen LogP contribution in [0, 0.1) is 17.1 Å². The molecule has 0 unspecified atom stereocenters. The first-order chi connectivity index (χ1) is 8.43. The second kappa shape index (κ2) is 5.47. The van der Waals surface area contributed by atoms with Gasteiger partial charge in [0.25, 0.3) is 0 Å². The van der Waals surface area contributed by atoms with E-state index in [0.717, 1.165) is 19.2 Å². The normalized spacial score (nSPS) is 11.4. The number of carbonyl (C=O) groups is 2. The van der Waals surface area contributed by atoms with Crippen LogP contribution in [0.4, 0.5) is 4.39 Å². The van der Waals surface area contributed by atoms with Gasteiger partial charge in [-0.3, -0.25) is 9.59 Å². The fourth-order valence-electron chi connectivity index (χ4n) is 1.35. The largest absolute Gasteiger partial charge is 0.480 e. The summed E-state index contributed by atoms with van der Waals surface area (Å²) in [6.07, 6.45) is 0. The molecule has 1 aromatic carbocycles. The van der Waals surface area contributed by atoms with Gasteiger partial charge in [-0.1, -0.05) is 17.7 Å². The number of nitriles is 1. The van der Waals surface area contributed by atoms with Crippen LogP contribution < -0.4 is 0 Å². The number of methoxy groups -OCH3 is 1. The average Bonchev–Trinajstić information content (AvgIpc) is 2.34. The van der Waals surface area contributed by atoms with Gasteiger partial charge in [0.15, 0.2) is 11.7 Å². The van der Waals surface area contributed by atoms with Gasteiger partial charge in [0.1, 0.15) is 6.07 Å². The van der Waals surface area contributed by atoms with Crippen LogP contribution in [-0.2, 0) is 14.3 Å². The van der Waals surface area contributed by atoms with Crippen molar-refractivity contribution in [3.8, 4) is 6.07 Å². The molecule has 0 amide bonds. The standard InChI is InChI=1S/C11H7ClFNO4/c1-18-11(17)7(10(15)16)6-3-2-5(4-14)9(13)8(6)12/h2-3,7H,1H3,(H,15,16)/t7-/m1/s1. The van der Waals surface area contributed by atoms with E-state index in [1.54, 1.807) is 6.07 Å². The molecule has 0 aliphatic heterocycles. The summed E-state index contributed by atoms with van der Waals surface area (Å²) in [5, 5.41) is 16.9. The molecule has 1 aromatic rings. The van der Waals surface area contributed by atoms with Gasteiger partial charge in [0.05, 0.1) is 17.7 Å². The molecule has 0 aliphatic carbocycles. The van der Waals surface area contributed by atoms with E-state index in [1.807, 2.05) is 0 Å². The number of carboxylic acid groups (broad SMARTS) is 1. The third-order valence-corrected chi connectivity index (χ3v) is 2.61. The minimum absolute atomic E-state index is 0.257. The van der Waals surface area contributed by atoms with Crippen molar-refractivity contribution in [3.05, 3.63) is 34.1 Å². The highest BCUT2D eigenvalue weighted by atomic mass is 35.5. The van der Waals surface area contributed by atoms with Crippen LogP contribution in [0.25, 0.3) is 0 Å². The third-order valence-electron chi connectivity index (χ3n) is 2.23. The summed E-state index contributed by atoms with van der Waals surface area (Å²) in [5.41, 5.74) is -0.592. The minimum Gasteiger partial charge on any atom is -0.480 e. The number of hydrogen-bond acceptors (Lipinski definition) is 4. The molecule has 0 saturated carbocycles. The fraction of sp³-hybridized carbons (Fsp3) is 0.182. The van der Waals surface area contributed by atoms with Crippen LogP contribution in [0.15, 0.2) is 12.1 Å². The molecule has 0 radical (unpaired) electrons. The lowest BCUT2D eigenvalue weighted by Crippen LogP contribution is -2.23. The summed E-state index contributed by atoms with van der Waals surface area (Å²) >= 11 is 5.62. The van der Waals surface area contributed by atoms with Crippen molar-refractivity contribution in [1.29, 1.82) is 5.26 Å². The van der Waals surface area contributed by atoms with Crippen LogP contribution in [0.5, 0.6) is 0 Å². The Morgan fingerprint density at radius 1 is 1.56 bits per heavy atom. The summed E-state index contributed by atoms with van der Waals surface area (Å²) in [5.74, 6) is -5.39. The smallest absolute Gasteiger partial charge is 0.324 e. The van der Waals surface area contributed by atoms with Crippen LogP contribution in [0.3, 0.4) is 0 Å². The zero-order chi connectivity index (χ0) is 13.9. The predicted molar refractivity (Wildman–Crippen MR) is 58.5 cm³/mol. The van der Waals surface area contributed by atoms with Gasteiger partial charge in [-0.15, -0.1) is 0 Å². The van der Waals surface area contributed by atoms with E-state index in [9.17, 15) is 14.0 Å². The van der Waals surface area contributed by atoms with E-state index in [1.165, 1.54) is 0 Å². The SMILES string of the molecule is COC(=O)[C@@H](C(=O)O)c1ccc(C#N)c(F)c1Cl. The first kappa shape index (κ1) is 13.9. The number of halogens is 2. The van der Waals surface area contributed by atoms with Gasteiger partial charge in [-0.25, -0.2) is 4.39 Å². The first-order valence-electron chi connectivity index (χ1n) is 4.62. The topological polar surface area (TPSA) is 87.4 Å². The number of rotatable bonds is 3. The first-order valence-corrected chi connectivity index (χ1v) is 5.00. The molecular weight excluding hydrogens is 265 g/mol. The quantitative estimate of drug-likeness (QED) is 0.668. The number of hydrogen-bond donors (Lipinski definition) is 1. The van der Waals surface area contributed by atoms with Crippen molar-refractivity contribution < 1.29 is 23.8 Å². The summed E-state index contributed by atoms with van der Waals surface area (Å²) in [6.45, 7) is 0. The Bertz CT molecular complexity index is 553. The molecule has 0 aromatic heterocycles. The molecule has 94 valence electrons. The number of carboxylic acids is 1. The molecule has 0 heterocycles. The van der Waals surface area contributed by atoms with Crippen molar-refractivity contribution in [3.63, 3.8) is 0 Å². The van der Waals surface area contributed by atoms with Gasteiger partial charge in [0, 0.05) is 0 Å². The molecule has 1 rings (SSSR count). The Kier molecular flexibility index (Phi) is 4.23. The summed E-state index contributed by atoms with van der Waals surface area (Å²) in [4.78, 5) is 22.3. The summed E-state index contributed by atoms with van der Waals surface area (Å²) < 4.78 is 17.9. The second-order valence-corrected chi connectivity index (χ2v) is 3.61. The van der Waals surface area contributed by atoms with E-state index in [2.05, 4.69) is 4.74 Å². The number of benzene rings is 1. The van der Waals surface area contributed by atoms with Gasteiger partial charge in [-0.05, 0) is 11.6 Å². The van der Waals surface area contributed by atoms with Gasteiger partial charge >= 0.3 is 11.9 Å². The van der Waals surface area contributed by atoms with Crippen LogP contribution >= 0.6 is 11.6 Å². The van der Waals surface area contributed by atoms with E-state index < -0.39 is 28.7 Å². The molecule has 18 heavy (non-hydrogen) atoms. The highest BCUT2D eigenvalue weighted by Gasteiger charge is 2.32. The number of nitrogens with zero attached hydrogens (tertiary/aromatic N) is 1. The zero-order valence-electron chi connectivity index (χ0n) is 9.11. The highest BCUT2D eigenvalue weighted by molar-refractivity contribution is 6.32. The van der Waals surface area contributed by atoms with Crippen molar-refractivity contribution in [2.75, 3.05) is 7.11 Å². The molecule has 0 fully saturated rings. The molecule has 0 bridgehead atoms. The van der Waals surface area contributed by atoms with Crippen LogP contribution in [0.2, 0.25) is 5.02 Å². The zero-order valence-corrected chi connectivity index (χ0v) is 9.86. The molecule has 1 atom stereocenters. The van der Waals surface area contributed by atoms with Gasteiger partial charge < -0.3 is 9.84 Å². The van der Waals surface area contributed by atoms with Gasteiger partial charge in [0.2, 0.25) is 0 Å². The molecule has 0 aliphatic rings. The Morgan fingerprint density at radius 3 is 2.61 bits per heavy atom.